The highest BCUT2D eigenvalue weighted by Gasteiger charge is 1.76. The van der Waals surface area contributed by atoms with Crippen LogP contribution < -0.4 is 0 Å². The molecule has 0 aliphatic carbocycles. The van der Waals surface area contributed by atoms with Gasteiger partial charge in [-0.15, -0.1) is 0 Å². The van der Waals surface area contributed by atoms with E-state index in [1.54, 1.807) is 14.5 Å². The monoisotopic (exact) mass is 66.1 g/mol. The molecule has 0 N–H and O–H groups in total. The second-order valence-corrected chi connectivity index (χ2v) is 0.924. The summed E-state index contributed by atoms with van der Waals surface area (Å²) in [4.78, 5) is 0. The third-order valence-corrected chi connectivity index (χ3v) is 0.407. The third kappa shape index (κ3) is 4.09. The molecule has 0 saturated carbocycles. The van der Waals surface area contributed by atoms with Crippen molar-refractivity contribution in [2.45, 2.75) is 6.82 Å². The molecule has 0 unspecified atom stereocenters. The first-order valence-electron chi connectivity index (χ1n) is 1.54. The fraction of sp³-hybridized carbons (Fsp3) is 1.00. The maximum Gasteiger partial charge on any atom is 0.191 e. The number of nitrogens with zero attached hydrogens (tertiary/aromatic N) is 1. The van der Waals surface area contributed by atoms with Crippen LogP contribution in [0.5, 0.6) is 0 Å². The van der Waals surface area contributed by atoms with Gasteiger partial charge < -0.3 is 4.72 Å². The molecule has 0 amide bonds. The molecule has 1 nitrogen and oxygen atoms in total. The smallest absolute Gasteiger partial charge is 0.191 e. The highest BCUT2D eigenvalue weighted by molar-refractivity contribution is 6.39. The normalized spacial score (nSPS) is 8.60. The van der Waals surface area contributed by atoms with Gasteiger partial charge in [0.2, 0.25) is 0 Å². The number of hydrogen-bond acceptors (Lipinski definition) is 1. The van der Waals surface area contributed by atoms with Gasteiger partial charge in [0.05, 0.1) is 0 Å². The lowest BCUT2D eigenvalue weighted by Crippen LogP contribution is -2.14. The summed E-state index contributed by atoms with van der Waals surface area (Å²) in [5, 5.41) is 0. The molecule has 0 aromatic heterocycles. The van der Waals surface area contributed by atoms with Crippen LogP contribution in [-0.2, 0) is 0 Å². The summed E-state index contributed by atoms with van der Waals surface area (Å²) in [6, 6.07) is 0. The predicted molar refractivity (Wildman–Crippen MR) is 25.1 cm³/mol. The van der Waals surface area contributed by atoms with E-state index in [4.69, 9.17) is 7.98 Å². The van der Waals surface area contributed by atoms with Crippen molar-refractivity contribution in [2.24, 2.45) is 0 Å². The first kappa shape index (κ1) is 5.09. The van der Waals surface area contributed by atoms with Crippen LogP contribution in [-0.4, -0.2) is 27.2 Å². The molecule has 3 heteroatoms. The number of hydrogen-bond donors (Lipinski definition) is 0. The molecule has 0 rings (SSSR count). The lowest BCUT2D eigenvalue weighted by atomic mass is 9.93. The van der Waals surface area contributed by atoms with E-state index >= 15 is 0 Å². The zero-order chi connectivity index (χ0) is 4.28. The Kier molecular flexibility index (Phi) is 2.38. The lowest BCUT2D eigenvalue weighted by molar-refractivity contribution is 0.872. The zero-order valence-electron chi connectivity index (χ0n) is 3.60. The largest absolute Gasteiger partial charge is 0.401 e. The van der Waals surface area contributed by atoms with Crippen molar-refractivity contribution in [1.29, 1.82) is 0 Å². The fourth-order valence-corrected chi connectivity index (χ4v) is 0. The predicted octanol–water partition coefficient (Wildman–Crippen LogP) is -0.331. The van der Waals surface area contributed by atoms with E-state index < -0.39 is 0 Å². The second-order valence-electron chi connectivity index (χ2n) is 0.924. The first-order valence-corrected chi connectivity index (χ1v) is 1.54. The summed E-state index contributed by atoms with van der Waals surface area (Å²) < 4.78 is 1.50. The summed E-state index contributed by atoms with van der Waals surface area (Å²) in [6.45, 7) is 1.88. The molecule has 0 bridgehead atoms. The molecule has 0 spiro atoms. The van der Waals surface area contributed by atoms with E-state index in [0.29, 0.717) is 0 Å². The van der Waals surface area contributed by atoms with Gasteiger partial charge in [-0.3, -0.25) is 0 Å². The second kappa shape index (κ2) is 2.33. The Morgan fingerprint density at radius 3 is 2.00 bits per heavy atom. The zero-order valence-corrected chi connectivity index (χ0v) is 3.60. The minimum atomic E-state index is 1.50. The van der Waals surface area contributed by atoms with Crippen molar-refractivity contribution in [2.75, 3.05) is 7.05 Å². The topological polar surface area (TPSA) is 3.24 Å². The van der Waals surface area contributed by atoms with Crippen molar-refractivity contribution in [3.05, 3.63) is 0 Å². The van der Waals surface area contributed by atoms with Gasteiger partial charge in [0, 0.05) is 0 Å². The first-order chi connectivity index (χ1) is 2.27. The van der Waals surface area contributed by atoms with Gasteiger partial charge in [0.1, 0.15) is 0 Å². The summed E-state index contributed by atoms with van der Waals surface area (Å²) in [6.07, 6.45) is 0. The highest BCUT2D eigenvalue weighted by atomic mass is 14.9. The van der Waals surface area contributed by atoms with Crippen molar-refractivity contribution in [1.82, 2.24) is 4.72 Å². The Bertz CT molecular complexity index is 21.6. The van der Waals surface area contributed by atoms with Crippen molar-refractivity contribution < 1.29 is 0 Å². The van der Waals surface area contributed by atoms with E-state index in [0.717, 1.165) is 0 Å². The minimum absolute atomic E-state index is 1.50. The van der Waals surface area contributed by atoms with Crippen LogP contribution in [0.15, 0.2) is 0 Å². The van der Waals surface area contributed by atoms with Crippen LogP contribution in [0, 0.1) is 0 Å². The lowest BCUT2D eigenvalue weighted by Gasteiger charge is -1.98. The Hall–Kier alpha value is 0.0899. The summed E-state index contributed by atoms with van der Waals surface area (Å²) in [5.74, 6) is 0. The molecule has 0 fully saturated rings. The molecule has 0 aliphatic rings. The van der Waals surface area contributed by atoms with Crippen LogP contribution in [0.3, 0.4) is 0 Å². The molecule has 0 aromatic rings. The van der Waals surface area contributed by atoms with Gasteiger partial charge in [0.25, 0.3) is 0 Å². The van der Waals surface area contributed by atoms with Crippen molar-refractivity contribution in [3.63, 3.8) is 0 Å². The average molecular weight is 65.7 g/mol. The Morgan fingerprint density at radius 2 is 2.00 bits per heavy atom. The minimum Gasteiger partial charge on any atom is -0.401 e. The standard InChI is InChI=1S/C2H6B2N/c1-4-5(2)3/h1-2H3. The van der Waals surface area contributed by atoms with Crippen molar-refractivity contribution >= 4 is 15.4 Å². The molecule has 0 atom stereocenters. The van der Waals surface area contributed by atoms with E-state index in [1.165, 1.54) is 4.72 Å². The Balaban J connectivity index is 2.54. The maximum atomic E-state index is 5.07. The molecular weight excluding hydrogens is 59.7 g/mol. The molecule has 0 aliphatic heterocycles. The van der Waals surface area contributed by atoms with Gasteiger partial charge >= 0.3 is 0 Å². The van der Waals surface area contributed by atoms with Gasteiger partial charge in [0.15, 0.2) is 15.4 Å². The summed E-state index contributed by atoms with van der Waals surface area (Å²) >= 11 is 0. The molecule has 25 valence electrons. The Morgan fingerprint density at radius 1 is 1.80 bits per heavy atom. The molecular formula is C2H6B2N. The summed E-state index contributed by atoms with van der Waals surface area (Å²) in [5.41, 5.74) is 0. The highest BCUT2D eigenvalue weighted by Crippen LogP contribution is 1.58. The van der Waals surface area contributed by atoms with Crippen LogP contribution in [0.2, 0.25) is 6.82 Å². The van der Waals surface area contributed by atoms with E-state index in [1.807, 2.05) is 6.82 Å². The van der Waals surface area contributed by atoms with Crippen LogP contribution >= 0.6 is 0 Å². The molecule has 0 aromatic carbocycles. The van der Waals surface area contributed by atoms with E-state index in [2.05, 4.69) is 0 Å². The number of rotatable bonds is 1. The molecule has 0 heterocycles. The fourth-order valence-electron chi connectivity index (χ4n) is 0. The van der Waals surface area contributed by atoms with Gasteiger partial charge in [-0.2, -0.15) is 0 Å². The third-order valence-electron chi connectivity index (χ3n) is 0.407. The van der Waals surface area contributed by atoms with Crippen molar-refractivity contribution in [3.8, 4) is 0 Å². The SMILES string of the molecule is [B]N(C)[B]C. The summed E-state index contributed by atoms with van der Waals surface area (Å²) in [7, 11) is 8.62. The Labute approximate surface area is 35.0 Å². The van der Waals surface area contributed by atoms with Crippen LogP contribution in [0.25, 0.3) is 0 Å². The van der Waals surface area contributed by atoms with Gasteiger partial charge in [-0.25, -0.2) is 0 Å². The average Bonchev–Trinajstić information content (AvgIpc) is 1.38. The van der Waals surface area contributed by atoms with Gasteiger partial charge in [-0.05, 0) is 7.05 Å². The quantitative estimate of drug-likeness (QED) is 0.378. The molecule has 3 radical (unpaired) electrons. The maximum absolute atomic E-state index is 5.07. The van der Waals surface area contributed by atoms with Crippen LogP contribution in [0.1, 0.15) is 0 Å². The van der Waals surface area contributed by atoms with E-state index in [-0.39, 0.29) is 0 Å². The van der Waals surface area contributed by atoms with E-state index in [9.17, 15) is 0 Å². The van der Waals surface area contributed by atoms with Gasteiger partial charge in [-0.1, -0.05) is 6.82 Å². The molecule has 5 heavy (non-hydrogen) atoms. The van der Waals surface area contributed by atoms with Crippen LogP contribution in [0.4, 0.5) is 0 Å². The molecule has 0 saturated heterocycles.